The number of esters is 1. The Morgan fingerprint density at radius 3 is 2.79 bits per heavy atom. The fraction of sp³-hybridized carbons (Fsp3) is 0.550. The first-order chi connectivity index (χ1) is 15.7. The minimum atomic E-state index is -0.664. The van der Waals surface area contributed by atoms with Crippen molar-refractivity contribution in [1.82, 2.24) is 20.7 Å². The summed E-state index contributed by atoms with van der Waals surface area (Å²) in [6.07, 6.45) is 0.590. The number of carbonyl (C=O) groups is 4. The smallest absolute Gasteiger partial charge is 0.414 e. The lowest BCUT2D eigenvalue weighted by Gasteiger charge is -2.22. The van der Waals surface area contributed by atoms with Crippen molar-refractivity contribution >= 4 is 47.0 Å². The number of halogens is 1. The highest BCUT2D eigenvalue weighted by molar-refractivity contribution is 6.30. The van der Waals surface area contributed by atoms with E-state index in [4.69, 9.17) is 21.1 Å². The molecule has 13 heteroatoms. The average molecular weight is 483 g/mol. The summed E-state index contributed by atoms with van der Waals surface area (Å²) < 4.78 is 10.1. The lowest BCUT2D eigenvalue weighted by molar-refractivity contribution is -0.151. The number of hydrogen-bond acceptors (Lipinski definition) is 9. The van der Waals surface area contributed by atoms with Gasteiger partial charge in [0.05, 0.1) is 31.5 Å². The Balaban J connectivity index is 1.53. The van der Waals surface area contributed by atoms with Gasteiger partial charge in [0.15, 0.2) is 6.61 Å². The van der Waals surface area contributed by atoms with Gasteiger partial charge in [-0.25, -0.2) is 15.2 Å². The lowest BCUT2D eigenvalue weighted by atomic mass is 10.3. The summed E-state index contributed by atoms with van der Waals surface area (Å²) in [7, 11) is 0. The zero-order chi connectivity index (χ0) is 24.0. The van der Waals surface area contributed by atoms with Crippen LogP contribution in [0.3, 0.4) is 0 Å². The first-order valence-corrected chi connectivity index (χ1v) is 11.0. The van der Waals surface area contributed by atoms with E-state index >= 15 is 0 Å². The molecule has 2 fully saturated rings. The van der Waals surface area contributed by atoms with Crippen molar-refractivity contribution in [2.75, 3.05) is 55.7 Å². The number of hydrazine groups is 1. The predicted molar refractivity (Wildman–Crippen MR) is 119 cm³/mol. The van der Waals surface area contributed by atoms with Crippen LogP contribution in [-0.4, -0.2) is 91.2 Å². The summed E-state index contributed by atoms with van der Waals surface area (Å²) in [5.41, 5.74) is 3.59. The molecule has 1 unspecified atom stereocenters. The van der Waals surface area contributed by atoms with E-state index in [2.05, 4.69) is 15.7 Å². The molecule has 0 bridgehead atoms. The normalized spacial score (nSPS) is 19.5. The number of hydrogen-bond donors (Lipinski definition) is 2. The van der Waals surface area contributed by atoms with Gasteiger partial charge in [0, 0.05) is 26.6 Å². The topological polar surface area (TPSA) is 133 Å². The summed E-state index contributed by atoms with van der Waals surface area (Å²) in [4.78, 5) is 54.8. The number of rotatable bonds is 7. The summed E-state index contributed by atoms with van der Waals surface area (Å²) in [6.45, 7) is 4.99. The Morgan fingerprint density at radius 2 is 2.12 bits per heavy atom. The third-order valence-corrected chi connectivity index (χ3v) is 5.28. The molecule has 1 aromatic rings. The second-order valence-electron chi connectivity index (χ2n) is 7.57. The molecular formula is C20H27ClN6O6. The minimum Gasteiger partial charge on any atom is -0.456 e. The van der Waals surface area contributed by atoms with Crippen molar-refractivity contribution in [3.05, 3.63) is 18.3 Å². The van der Waals surface area contributed by atoms with Crippen molar-refractivity contribution in [1.29, 1.82) is 0 Å². The number of aromatic nitrogens is 1. The Morgan fingerprint density at radius 1 is 1.33 bits per heavy atom. The number of nitrogens with zero attached hydrogens (tertiary/aromatic N) is 4. The predicted octanol–water partition coefficient (Wildman–Crippen LogP) is -0.133. The molecule has 3 heterocycles. The van der Waals surface area contributed by atoms with Crippen LogP contribution in [0.15, 0.2) is 18.3 Å². The van der Waals surface area contributed by atoms with Crippen molar-refractivity contribution in [2.45, 2.75) is 25.3 Å². The van der Waals surface area contributed by atoms with Crippen LogP contribution in [0.25, 0.3) is 0 Å². The number of cyclic esters (lactones) is 1. The highest BCUT2D eigenvalue weighted by atomic mass is 35.5. The van der Waals surface area contributed by atoms with Gasteiger partial charge in [-0.1, -0.05) is 0 Å². The maximum Gasteiger partial charge on any atom is 0.414 e. The second kappa shape index (κ2) is 11.1. The molecule has 0 spiro atoms. The SMILES string of the molecule is CC(=O)OCC(=O)N1CCN(c2ccc(N3C[C@H](CNC(=O)C(C)Cl)OC3=O)cn2)CCN1. The van der Waals surface area contributed by atoms with Gasteiger partial charge in [0.2, 0.25) is 5.91 Å². The van der Waals surface area contributed by atoms with Crippen LogP contribution in [-0.2, 0) is 23.9 Å². The molecule has 12 nitrogen and oxygen atoms in total. The summed E-state index contributed by atoms with van der Waals surface area (Å²) >= 11 is 5.72. The van der Waals surface area contributed by atoms with Gasteiger partial charge < -0.3 is 19.7 Å². The Kier molecular flexibility index (Phi) is 8.28. The third kappa shape index (κ3) is 6.68. The Labute approximate surface area is 196 Å². The fourth-order valence-corrected chi connectivity index (χ4v) is 3.41. The van der Waals surface area contributed by atoms with Crippen LogP contribution in [0.1, 0.15) is 13.8 Å². The molecule has 33 heavy (non-hydrogen) atoms. The molecule has 180 valence electrons. The van der Waals surface area contributed by atoms with Crippen molar-refractivity contribution in [2.24, 2.45) is 0 Å². The number of amides is 3. The molecule has 2 N–H and O–H groups in total. The van der Waals surface area contributed by atoms with Crippen molar-refractivity contribution in [3.8, 4) is 0 Å². The number of ether oxygens (including phenoxy) is 2. The molecule has 2 aliphatic rings. The first-order valence-electron chi connectivity index (χ1n) is 10.5. The van der Waals surface area contributed by atoms with Gasteiger partial charge in [0.25, 0.3) is 5.91 Å². The van der Waals surface area contributed by atoms with Crippen molar-refractivity contribution in [3.63, 3.8) is 0 Å². The maximum atomic E-state index is 12.2. The molecule has 1 aromatic heterocycles. The van der Waals surface area contributed by atoms with Gasteiger partial charge in [-0.3, -0.25) is 24.3 Å². The van der Waals surface area contributed by atoms with E-state index in [1.807, 2.05) is 4.90 Å². The quantitative estimate of drug-likeness (QED) is 0.402. The summed E-state index contributed by atoms with van der Waals surface area (Å²) in [6, 6.07) is 3.57. The standard InChI is InChI=1S/C20H27ClN6O6/c1-13(21)19(30)23-10-16-11-26(20(31)33-16)15-3-4-17(22-9-15)25-6-5-24-27(8-7-25)18(29)12-32-14(2)28/h3-4,9,13,16,24H,5-8,10-12H2,1-2H3,(H,23,30)/t13?,16-/m0/s1. The summed E-state index contributed by atoms with van der Waals surface area (Å²) in [5, 5.41) is 3.41. The minimum absolute atomic E-state index is 0.178. The van der Waals surface area contributed by atoms with Gasteiger partial charge in [-0.05, 0) is 19.1 Å². The highest BCUT2D eigenvalue weighted by Gasteiger charge is 2.33. The van der Waals surface area contributed by atoms with Crippen LogP contribution in [0.5, 0.6) is 0 Å². The Bertz CT molecular complexity index is 882. The molecule has 0 radical (unpaired) electrons. The zero-order valence-corrected chi connectivity index (χ0v) is 19.2. The van der Waals surface area contributed by atoms with E-state index in [1.165, 1.54) is 16.8 Å². The van der Waals surface area contributed by atoms with Gasteiger partial charge in [-0.15, -0.1) is 11.6 Å². The van der Waals surface area contributed by atoms with Crippen LogP contribution in [0.4, 0.5) is 16.3 Å². The van der Waals surface area contributed by atoms with E-state index in [-0.39, 0.29) is 31.5 Å². The van der Waals surface area contributed by atoms with Crippen LogP contribution >= 0.6 is 11.6 Å². The van der Waals surface area contributed by atoms with E-state index in [0.717, 1.165) is 0 Å². The van der Waals surface area contributed by atoms with Crippen LogP contribution in [0, 0.1) is 0 Å². The largest absolute Gasteiger partial charge is 0.456 e. The van der Waals surface area contributed by atoms with E-state index in [9.17, 15) is 19.2 Å². The number of anilines is 2. The number of nitrogens with one attached hydrogen (secondary N) is 2. The molecule has 3 amide bonds. The van der Waals surface area contributed by atoms with Gasteiger partial charge in [-0.2, -0.15) is 0 Å². The average Bonchev–Trinajstić information content (AvgIpc) is 2.99. The van der Waals surface area contributed by atoms with Crippen LogP contribution in [0.2, 0.25) is 0 Å². The van der Waals surface area contributed by atoms with Crippen molar-refractivity contribution < 1.29 is 28.7 Å². The molecular weight excluding hydrogens is 456 g/mol. The summed E-state index contributed by atoms with van der Waals surface area (Å²) in [5.74, 6) is -0.459. The molecule has 0 saturated carbocycles. The zero-order valence-electron chi connectivity index (χ0n) is 18.5. The fourth-order valence-electron chi connectivity index (χ4n) is 3.33. The molecule has 2 aliphatic heterocycles. The van der Waals surface area contributed by atoms with E-state index in [0.29, 0.717) is 37.7 Å². The molecule has 0 aromatic carbocycles. The highest BCUT2D eigenvalue weighted by Crippen LogP contribution is 2.23. The lowest BCUT2D eigenvalue weighted by Crippen LogP contribution is -2.45. The van der Waals surface area contributed by atoms with E-state index in [1.54, 1.807) is 25.3 Å². The number of pyridine rings is 1. The number of alkyl halides is 1. The molecule has 2 saturated heterocycles. The van der Waals surface area contributed by atoms with Gasteiger partial charge in [0.1, 0.15) is 17.3 Å². The third-order valence-electron chi connectivity index (χ3n) is 5.09. The maximum absolute atomic E-state index is 12.2. The second-order valence-corrected chi connectivity index (χ2v) is 8.23. The molecule has 0 aliphatic carbocycles. The molecule has 3 rings (SSSR count). The number of carbonyl (C=O) groups excluding carboxylic acids is 4. The molecule has 2 atom stereocenters. The van der Waals surface area contributed by atoms with E-state index < -0.39 is 23.5 Å². The monoisotopic (exact) mass is 482 g/mol. The first kappa shape index (κ1) is 24.5. The Hall–Kier alpha value is -3.12. The van der Waals surface area contributed by atoms with Gasteiger partial charge >= 0.3 is 12.1 Å². The van der Waals surface area contributed by atoms with Crippen LogP contribution < -0.4 is 20.5 Å².